The van der Waals surface area contributed by atoms with Crippen molar-refractivity contribution in [1.29, 1.82) is 0 Å². The third-order valence-corrected chi connectivity index (χ3v) is 7.31. The predicted molar refractivity (Wildman–Crippen MR) is 151 cm³/mol. The minimum absolute atomic E-state index is 0.0405. The molecule has 1 saturated heterocycles. The lowest BCUT2D eigenvalue weighted by atomic mass is 9.95. The fraction of sp³-hybridized carbons (Fsp3) is 0.600. The van der Waals surface area contributed by atoms with Crippen LogP contribution < -0.4 is 15.4 Å². The number of unbranched alkanes of at least 4 members (excludes halogenated alkanes) is 2. The first-order chi connectivity index (χ1) is 18.3. The molecule has 2 aliphatic heterocycles. The number of pyridine rings is 1. The summed E-state index contributed by atoms with van der Waals surface area (Å²) in [7, 11) is 3.39. The van der Waals surface area contributed by atoms with Gasteiger partial charge in [-0.3, -0.25) is 9.69 Å². The number of hydrogen-bond acceptors (Lipinski definition) is 6. The quantitative estimate of drug-likeness (QED) is 0.330. The molecular formula is C30H45FN4O3. The molecule has 3 heterocycles. The fourth-order valence-corrected chi connectivity index (χ4v) is 5.17. The first kappa shape index (κ1) is 29.8. The number of aliphatic carboxylic acids is 1. The van der Waals surface area contributed by atoms with Crippen LogP contribution in [-0.4, -0.2) is 61.3 Å². The Balaban J connectivity index is 0.000000215. The van der Waals surface area contributed by atoms with E-state index in [4.69, 9.17) is 9.72 Å². The summed E-state index contributed by atoms with van der Waals surface area (Å²) >= 11 is 0. The number of carboxylic acids is 1. The van der Waals surface area contributed by atoms with Gasteiger partial charge in [0.25, 0.3) is 0 Å². The van der Waals surface area contributed by atoms with Gasteiger partial charge in [-0.05, 0) is 107 Å². The molecule has 4 rings (SSSR count). The van der Waals surface area contributed by atoms with Gasteiger partial charge in [0.2, 0.25) is 0 Å². The van der Waals surface area contributed by atoms with Crippen molar-refractivity contribution < 1.29 is 19.0 Å². The Labute approximate surface area is 227 Å². The van der Waals surface area contributed by atoms with E-state index in [1.807, 2.05) is 25.8 Å². The van der Waals surface area contributed by atoms with Crippen molar-refractivity contribution in [1.82, 2.24) is 15.2 Å². The molecule has 0 radical (unpaired) electrons. The van der Waals surface area contributed by atoms with Crippen LogP contribution in [0.2, 0.25) is 0 Å². The van der Waals surface area contributed by atoms with Crippen LogP contribution in [0.1, 0.15) is 86.7 Å². The standard InChI is InChI=1S/C16H22FNO3.C14H23N3/c1-10(2)11-8-12(15(21-3)13(17)9-11)14(16(19)20)18-6-4-5-7-18;1-15-10-4-2-3-7-13-9-8-12-6-5-11-16-14(12)17-13/h8-10,14H,4-7H2,1-3H3,(H,19,20);8-9,15H,2-7,10-11H2,1H3,(H,16,17). The topological polar surface area (TPSA) is 86.7 Å². The van der Waals surface area contributed by atoms with E-state index < -0.39 is 17.8 Å². The number of anilines is 1. The highest BCUT2D eigenvalue weighted by Crippen LogP contribution is 2.36. The van der Waals surface area contributed by atoms with E-state index in [2.05, 4.69) is 22.8 Å². The molecular weight excluding hydrogens is 483 g/mol. The molecule has 2 aromatic rings. The lowest BCUT2D eigenvalue weighted by Gasteiger charge is -2.26. The molecule has 1 fully saturated rings. The lowest BCUT2D eigenvalue weighted by Crippen LogP contribution is -2.32. The van der Waals surface area contributed by atoms with Gasteiger partial charge in [-0.25, -0.2) is 9.37 Å². The summed E-state index contributed by atoms with van der Waals surface area (Å²) in [5.74, 6) is -0.167. The van der Waals surface area contributed by atoms with E-state index in [0.29, 0.717) is 18.7 Å². The Kier molecular flexibility index (Phi) is 11.8. The van der Waals surface area contributed by atoms with Gasteiger partial charge in [-0.15, -0.1) is 0 Å². The highest BCUT2D eigenvalue weighted by molar-refractivity contribution is 5.77. The number of aryl methyl sites for hydroxylation is 2. The fourth-order valence-electron chi connectivity index (χ4n) is 5.17. The number of carbonyl (C=O) groups is 1. The van der Waals surface area contributed by atoms with E-state index in [0.717, 1.165) is 43.7 Å². The number of halogens is 1. The second-order valence-electron chi connectivity index (χ2n) is 10.5. The third kappa shape index (κ3) is 8.14. The van der Waals surface area contributed by atoms with Crippen molar-refractivity contribution in [2.45, 2.75) is 77.2 Å². The molecule has 8 heteroatoms. The van der Waals surface area contributed by atoms with Gasteiger partial charge in [-0.1, -0.05) is 26.3 Å². The molecule has 0 amide bonds. The highest BCUT2D eigenvalue weighted by Gasteiger charge is 2.33. The largest absolute Gasteiger partial charge is 0.493 e. The van der Waals surface area contributed by atoms with Crippen LogP contribution in [0, 0.1) is 5.82 Å². The van der Waals surface area contributed by atoms with Gasteiger partial charge in [-0.2, -0.15) is 0 Å². The average Bonchev–Trinajstić information content (AvgIpc) is 3.43. The van der Waals surface area contributed by atoms with E-state index in [1.54, 1.807) is 6.07 Å². The molecule has 2 aliphatic rings. The number of benzene rings is 1. The first-order valence-corrected chi connectivity index (χ1v) is 14.1. The van der Waals surface area contributed by atoms with Crippen molar-refractivity contribution in [2.75, 3.05) is 45.7 Å². The third-order valence-electron chi connectivity index (χ3n) is 7.31. The Hall–Kier alpha value is -2.71. The molecule has 7 nitrogen and oxygen atoms in total. The molecule has 1 unspecified atom stereocenters. The maximum absolute atomic E-state index is 14.2. The molecule has 0 aliphatic carbocycles. The van der Waals surface area contributed by atoms with Crippen LogP contribution in [0.25, 0.3) is 0 Å². The summed E-state index contributed by atoms with van der Waals surface area (Å²) in [6, 6.07) is 6.79. The lowest BCUT2D eigenvalue weighted by molar-refractivity contribution is -0.143. The van der Waals surface area contributed by atoms with E-state index >= 15 is 0 Å². The van der Waals surface area contributed by atoms with Gasteiger partial charge in [0.05, 0.1) is 7.11 Å². The summed E-state index contributed by atoms with van der Waals surface area (Å²) in [4.78, 5) is 18.3. The van der Waals surface area contributed by atoms with E-state index in [1.165, 1.54) is 56.5 Å². The summed E-state index contributed by atoms with van der Waals surface area (Å²) in [6.45, 7) is 7.54. The first-order valence-electron chi connectivity index (χ1n) is 14.1. The molecule has 1 atom stereocenters. The number of carboxylic acid groups (broad SMARTS) is 1. The zero-order chi connectivity index (χ0) is 27.5. The number of fused-ring (bicyclic) bond motifs is 1. The van der Waals surface area contributed by atoms with Crippen LogP contribution >= 0.6 is 0 Å². The zero-order valence-electron chi connectivity index (χ0n) is 23.5. The van der Waals surface area contributed by atoms with Crippen LogP contribution in [0.15, 0.2) is 24.3 Å². The second kappa shape index (κ2) is 15.0. The van der Waals surface area contributed by atoms with Crippen molar-refractivity contribution in [3.63, 3.8) is 0 Å². The van der Waals surface area contributed by atoms with Gasteiger partial charge >= 0.3 is 5.97 Å². The number of nitrogens with one attached hydrogen (secondary N) is 2. The molecule has 3 N–H and O–H groups in total. The van der Waals surface area contributed by atoms with Crippen molar-refractivity contribution >= 4 is 11.8 Å². The van der Waals surface area contributed by atoms with Gasteiger partial charge in [0.1, 0.15) is 11.9 Å². The van der Waals surface area contributed by atoms with Crippen molar-refractivity contribution in [3.05, 3.63) is 52.5 Å². The number of aromatic nitrogens is 1. The minimum atomic E-state index is -0.962. The summed E-state index contributed by atoms with van der Waals surface area (Å²) in [6.07, 6.45) is 9.26. The predicted octanol–water partition coefficient (Wildman–Crippen LogP) is 5.55. The highest BCUT2D eigenvalue weighted by atomic mass is 19.1. The summed E-state index contributed by atoms with van der Waals surface area (Å²) in [5.41, 5.74) is 3.82. The maximum atomic E-state index is 14.2. The molecule has 38 heavy (non-hydrogen) atoms. The number of hydrogen-bond donors (Lipinski definition) is 3. The van der Waals surface area contributed by atoms with Crippen LogP contribution in [0.5, 0.6) is 5.75 Å². The van der Waals surface area contributed by atoms with Gasteiger partial charge in [0, 0.05) is 17.8 Å². The Morgan fingerprint density at radius 2 is 1.95 bits per heavy atom. The Morgan fingerprint density at radius 3 is 2.61 bits per heavy atom. The van der Waals surface area contributed by atoms with Gasteiger partial charge < -0.3 is 20.5 Å². The number of ether oxygens (including phenoxy) is 1. The van der Waals surface area contributed by atoms with Crippen LogP contribution in [0.4, 0.5) is 10.2 Å². The molecule has 1 aromatic carbocycles. The minimum Gasteiger partial charge on any atom is -0.493 e. The van der Waals surface area contributed by atoms with E-state index in [9.17, 15) is 14.3 Å². The maximum Gasteiger partial charge on any atom is 0.325 e. The number of methoxy groups -OCH3 is 1. The van der Waals surface area contributed by atoms with Gasteiger partial charge in [0.15, 0.2) is 11.6 Å². The number of likely N-dealkylation sites (tertiary alicyclic amines) is 1. The second-order valence-corrected chi connectivity index (χ2v) is 10.5. The van der Waals surface area contributed by atoms with Crippen molar-refractivity contribution in [2.24, 2.45) is 0 Å². The van der Waals surface area contributed by atoms with E-state index in [-0.39, 0.29) is 11.7 Å². The van der Waals surface area contributed by atoms with Crippen LogP contribution in [0.3, 0.4) is 0 Å². The summed E-state index contributed by atoms with van der Waals surface area (Å²) < 4.78 is 19.4. The Morgan fingerprint density at radius 1 is 1.18 bits per heavy atom. The summed E-state index contributed by atoms with van der Waals surface area (Å²) in [5, 5.41) is 16.2. The SMILES string of the molecule is CNCCCCCc1ccc2c(n1)NCCC2.COc1c(F)cc(C(C)C)cc1C(C(=O)O)N1CCCC1. The normalized spacial score (nSPS) is 15.8. The average molecular weight is 529 g/mol. The molecule has 0 bridgehead atoms. The molecule has 0 spiro atoms. The molecule has 210 valence electrons. The van der Waals surface area contributed by atoms with Crippen LogP contribution in [-0.2, 0) is 17.6 Å². The zero-order valence-corrected chi connectivity index (χ0v) is 23.5. The van der Waals surface area contributed by atoms with Crippen molar-refractivity contribution in [3.8, 4) is 5.75 Å². The molecule has 0 saturated carbocycles. The smallest absolute Gasteiger partial charge is 0.325 e. The monoisotopic (exact) mass is 528 g/mol. The number of rotatable bonds is 11. The number of nitrogens with zero attached hydrogens (tertiary/aromatic N) is 2. The Bertz CT molecular complexity index is 1040. The molecule has 1 aromatic heterocycles.